The van der Waals surface area contributed by atoms with Gasteiger partial charge in [-0.2, -0.15) is 0 Å². The summed E-state index contributed by atoms with van der Waals surface area (Å²) in [6, 6.07) is 20.7. The van der Waals surface area contributed by atoms with Crippen molar-refractivity contribution in [1.82, 2.24) is 10.2 Å². The number of rotatable bonds is 10. The van der Waals surface area contributed by atoms with Crippen LogP contribution in [0.5, 0.6) is 0 Å². The highest BCUT2D eigenvalue weighted by Crippen LogP contribution is 2.25. The smallest absolute Gasteiger partial charge is 0.243 e. The molecule has 202 valence electrons. The fraction of sp³-hybridized carbons (Fsp3) is 0.355. The van der Waals surface area contributed by atoms with Gasteiger partial charge >= 0.3 is 0 Å². The number of carbonyl (C=O) groups is 2. The second kappa shape index (κ2) is 13.5. The molecular weight excluding hydrogens is 535 g/mol. The van der Waals surface area contributed by atoms with E-state index in [9.17, 15) is 9.59 Å². The largest absolute Gasteiger partial charge is 0.350 e. The molecule has 0 spiro atoms. The van der Waals surface area contributed by atoms with E-state index in [1.165, 1.54) is 16.7 Å². The molecule has 7 heteroatoms. The minimum Gasteiger partial charge on any atom is -0.350 e. The zero-order valence-corrected chi connectivity index (χ0v) is 25.0. The third-order valence-electron chi connectivity index (χ3n) is 5.90. The Hall–Kier alpha value is -2.47. The Balaban J connectivity index is 1.90. The van der Waals surface area contributed by atoms with Gasteiger partial charge in [-0.15, -0.1) is 11.8 Å². The maximum atomic E-state index is 13.8. The number of nitrogens with one attached hydrogen (secondary N) is 1. The van der Waals surface area contributed by atoms with Crippen LogP contribution in [-0.2, 0) is 28.3 Å². The van der Waals surface area contributed by atoms with Crippen LogP contribution >= 0.6 is 35.0 Å². The Labute approximate surface area is 241 Å². The molecule has 0 fully saturated rings. The first-order chi connectivity index (χ1) is 17.9. The Morgan fingerprint density at radius 3 is 2.18 bits per heavy atom. The lowest BCUT2D eigenvalue weighted by Gasteiger charge is -2.34. The lowest BCUT2D eigenvalue weighted by Crippen LogP contribution is -2.54. The van der Waals surface area contributed by atoms with Crippen molar-refractivity contribution in [3.05, 3.63) is 105 Å². The van der Waals surface area contributed by atoms with Gasteiger partial charge in [-0.25, -0.2) is 0 Å². The van der Waals surface area contributed by atoms with Gasteiger partial charge in [0.15, 0.2) is 0 Å². The third kappa shape index (κ3) is 9.37. The molecule has 0 saturated heterocycles. The number of hydrogen-bond donors (Lipinski definition) is 1. The van der Waals surface area contributed by atoms with Crippen LogP contribution in [0.4, 0.5) is 0 Å². The van der Waals surface area contributed by atoms with Crippen LogP contribution in [0.1, 0.15) is 48.6 Å². The maximum absolute atomic E-state index is 13.8. The number of halogens is 2. The van der Waals surface area contributed by atoms with E-state index >= 15 is 0 Å². The molecule has 0 aliphatic rings. The quantitative estimate of drug-likeness (QED) is 0.276. The van der Waals surface area contributed by atoms with Crippen molar-refractivity contribution in [1.29, 1.82) is 0 Å². The Bertz CT molecular complexity index is 1240. The van der Waals surface area contributed by atoms with E-state index < -0.39 is 11.6 Å². The fourth-order valence-electron chi connectivity index (χ4n) is 4.33. The summed E-state index contributed by atoms with van der Waals surface area (Å²) in [5.41, 5.74) is 4.85. The van der Waals surface area contributed by atoms with Crippen molar-refractivity contribution in [2.75, 3.05) is 5.75 Å². The summed E-state index contributed by atoms with van der Waals surface area (Å²) in [5.74, 6) is 0.641. The normalized spacial score (nSPS) is 12.2. The number of hydrogen-bond acceptors (Lipinski definition) is 3. The summed E-state index contributed by atoms with van der Waals surface area (Å²) in [6.07, 6.45) is 0.390. The van der Waals surface area contributed by atoms with Gasteiger partial charge in [-0.05, 0) is 63.4 Å². The van der Waals surface area contributed by atoms with Gasteiger partial charge in [-0.1, -0.05) is 88.9 Å². The van der Waals surface area contributed by atoms with Crippen molar-refractivity contribution in [3.63, 3.8) is 0 Å². The number of nitrogens with zero attached hydrogens (tertiary/aromatic N) is 1. The zero-order valence-electron chi connectivity index (χ0n) is 22.7. The summed E-state index contributed by atoms with van der Waals surface area (Å²) in [4.78, 5) is 29.1. The second-order valence-electron chi connectivity index (χ2n) is 10.7. The first kappa shape index (κ1) is 30.1. The highest BCUT2D eigenvalue weighted by Gasteiger charge is 2.32. The van der Waals surface area contributed by atoms with Crippen LogP contribution < -0.4 is 5.32 Å². The van der Waals surface area contributed by atoms with E-state index in [-0.39, 0.29) is 24.1 Å². The predicted molar refractivity (Wildman–Crippen MR) is 161 cm³/mol. The molecule has 0 aliphatic carbocycles. The number of carbonyl (C=O) groups excluding carboxylic acids is 2. The molecule has 3 aromatic carbocycles. The second-order valence-corrected chi connectivity index (χ2v) is 12.5. The molecule has 1 atom stereocenters. The molecule has 0 aromatic heterocycles. The summed E-state index contributed by atoms with van der Waals surface area (Å²) in [7, 11) is 0. The summed E-state index contributed by atoms with van der Waals surface area (Å²) in [5, 5.41) is 4.07. The van der Waals surface area contributed by atoms with E-state index in [1.807, 2.05) is 57.2 Å². The minimum absolute atomic E-state index is 0.115. The Morgan fingerprint density at radius 1 is 0.921 bits per heavy atom. The number of amides is 2. The number of thioether (sulfide) groups is 1. The fourth-order valence-corrected chi connectivity index (χ4v) is 5.64. The van der Waals surface area contributed by atoms with Crippen LogP contribution in [0.3, 0.4) is 0 Å². The molecule has 4 nitrogen and oxygen atoms in total. The van der Waals surface area contributed by atoms with Crippen molar-refractivity contribution in [2.24, 2.45) is 0 Å². The molecule has 0 saturated carbocycles. The molecule has 2 amide bonds. The van der Waals surface area contributed by atoms with Gasteiger partial charge in [0.1, 0.15) is 6.04 Å². The van der Waals surface area contributed by atoms with Crippen molar-refractivity contribution in [3.8, 4) is 0 Å². The average molecular weight is 572 g/mol. The van der Waals surface area contributed by atoms with Gasteiger partial charge in [0, 0.05) is 34.3 Å². The number of aryl methyl sites for hydroxylation is 2. The van der Waals surface area contributed by atoms with Crippen molar-refractivity contribution in [2.45, 2.75) is 64.9 Å². The van der Waals surface area contributed by atoms with Crippen LogP contribution in [0.2, 0.25) is 10.0 Å². The van der Waals surface area contributed by atoms with E-state index in [4.69, 9.17) is 23.2 Å². The minimum atomic E-state index is -0.710. The van der Waals surface area contributed by atoms with E-state index in [2.05, 4.69) is 37.4 Å². The van der Waals surface area contributed by atoms with Gasteiger partial charge in [0.25, 0.3) is 0 Å². The molecule has 0 radical (unpaired) electrons. The molecule has 1 unspecified atom stereocenters. The topological polar surface area (TPSA) is 49.4 Å². The van der Waals surface area contributed by atoms with E-state index in [1.54, 1.807) is 28.8 Å². The zero-order chi connectivity index (χ0) is 27.9. The average Bonchev–Trinajstić information content (AvgIpc) is 2.81. The molecule has 38 heavy (non-hydrogen) atoms. The van der Waals surface area contributed by atoms with Gasteiger partial charge in [0.2, 0.25) is 11.8 Å². The third-order valence-corrected chi connectivity index (χ3v) is 7.48. The highest BCUT2D eigenvalue weighted by molar-refractivity contribution is 7.99. The van der Waals surface area contributed by atoms with Crippen molar-refractivity contribution >= 4 is 46.8 Å². The molecule has 0 heterocycles. The van der Waals surface area contributed by atoms with Crippen LogP contribution in [0.25, 0.3) is 0 Å². The van der Waals surface area contributed by atoms with E-state index in [0.717, 1.165) is 11.1 Å². The standard InChI is InChI=1S/C31H36Cl2N2O2S/c1-21-13-22(2)15-24(14-21)19-38-20-29(36)35(18-25-11-12-26(32)17-27(25)33)28(30(37)34-31(3,4)5)16-23-9-7-6-8-10-23/h6-15,17,28H,16,18-20H2,1-5H3,(H,34,37). The highest BCUT2D eigenvalue weighted by atomic mass is 35.5. The SMILES string of the molecule is Cc1cc(C)cc(CSCC(=O)N(Cc2ccc(Cl)cc2Cl)C(Cc2ccccc2)C(=O)NC(C)(C)C)c1. The first-order valence-electron chi connectivity index (χ1n) is 12.7. The molecular formula is C31H36Cl2N2O2S. The lowest BCUT2D eigenvalue weighted by atomic mass is 10.0. The Morgan fingerprint density at radius 2 is 1.58 bits per heavy atom. The van der Waals surface area contributed by atoms with Crippen LogP contribution in [-0.4, -0.2) is 34.0 Å². The summed E-state index contributed by atoms with van der Waals surface area (Å²) in [6.45, 7) is 10.2. The molecule has 3 aromatic rings. The van der Waals surface area contributed by atoms with Gasteiger partial charge in [-0.3, -0.25) is 9.59 Å². The number of benzene rings is 3. The molecule has 1 N–H and O–H groups in total. The Kier molecular flexibility index (Phi) is 10.7. The van der Waals surface area contributed by atoms with E-state index in [0.29, 0.717) is 22.2 Å². The molecule has 3 rings (SSSR count). The van der Waals surface area contributed by atoms with Gasteiger partial charge in [0.05, 0.1) is 5.75 Å². The molecule has 0 bridgehead atoms. The summed E-state index contributed by atoms with van der Waals surface area (Å²) < 4.78 is 0. The van der Waals surface area contributed by atoms with Crippen LogP contribution in [0, 0.1) is 13.8 Å². The lowest BCUT2D eigenvalue weighted by molar-refractivity contribution is -0.140. The van der Waals surface area contributed by atoms with Crippen molar-refractivity contribution < 1.29 is 9.59 Å². The van der Waals surface area contributed by atoms with Gasteiger partial charge < -0.3 is 10.2 Å². The maximum Gasteiger partial charge on any atom is 0.243 e. The van der Waals surface area contributed by atoms with Crippen LogP contribution in [0.15, 0.2) is 66.7 Å². The monoisotopic (exact) mass is 570 g/mol. The summed E-state index contributed by atoms with van der Waals surface area (Å²) >= 11 is 14.2. The predicted octanol–water partition coefficient (Wildman–Crippen LogP) is 7.40. The first-order valence-corrected chi connectivity index (χ1v) is 14.6. The molecule has 0 aliphatic heterocycles.